The van der Waals surface area contributed by atoms with E-state index in [1.807, 2.05) is 44.2 Å². The van der Waals surface area contributed by atoms with Gasteiger partial charge in [-0.1, -0.05) is 50.1 Å². The summed E-state index contributed by atoms with van der Waals surface area (Å²) in [5.74, 6) is 2.84. The van der Waals surface area contributed by atoms with Gasteiger partial charge in [0.15, 0.2) is 24.4 Å². The molecule has 3 heterocycles. The van der Waals surface area contributed by atoms with E-state index in [4.69, 9.17) is 34.8 Å². The summed E-state index contributed by atoms with van der Waals surface area (Å²) >= 11 is 0. The molecule has 5 atom stereocenters. The fourth-order valence-electron chi connectivity index (χ4n) is 6.01. The van der Waals surface area contributed by atoms with Gasteiger partial charge in [-0.05, 0) is 42.4 Å². The van der Waals surface area contributed by atoms with E-state index in [-0.39, 0.29) is 62.6 Å². The summed E-state index contributed by atoms with van der Waals surface area (Å²) in [6, 6.07) is 12.6. The van der Waals surface area contributed by atoms with Gasteiger partial charge in [-0.2, -0.15) is 4.31 Å². The maximum atomic E-state index is 14.3. The molecule has 3 aliphatic rings. The van der Waals surface area contributed by atoms with Crippen LogP contribution in [0, 0.1) is 23.7 Å². The van der Waals surface area contributed by atoms with Gasteiger partial charge in [-0.15, -0.1) is 6.42 Å². The van der Waals surface area contributed by atoms with Gasteiger partial charge in [-0.25, -0.2) is 18.0 Å². The van der Waals surface area contributed by atoms with Crippen LogP contribution in [0.3, 0.4) is 0 Å². The Morgan fingerprint density at radius 3 is 2.67 bits per heavy atom. The normalized spacial score (nSPS) is 21.0. The maximum absolute atomic E-state index is 14.3. The summed E-state index contributed by atoms with van der Waals surface area (Å²) in [5.41, 5.74) is 0.111. The van der Waals surface area contributed by atoms with Crippen LogP contribution in [0.4, 0.5) is 9.59 Å². The maximum Gasteiger partial charge on any atom is 0.408 e. The molecule has 0 spiro atoms. The van der Waals surface area contributed by atoms with Crippen LogP contribution in [0.25, 0.3) is 0 Å². The highest BCUT2D eigenvalue weighted by Gasteiger charge is 2.44. The second-order valence-electron chi connectivity index (χ2n) is 12.9. The molecule has 0 aromatic heterocycles. The monoisotopic (exact) mass is 701 g/mol. The highest BCUT2D eigenvalue weighted by molar-refractivity contribution is 7.89. The summed E-state index contributed by atoms with van der Waals surface area (Å²) < 4.78 is 62.2. The average molecular weight is 702 g/mol. The Morgan fingerprint density at radius 1 is 1.12 bits per heavy atom. The van der Waals surface area contributed by atoms with Crippen molar-refractivity contribution in [2.24, 2.45) is 11.3 Å². The third-order valence-electron chi connectivity index (χ3n) is 8.64. The van der Waals surface area contributed by atoms with E-state index >= 15 is 0 Å². The first-order valence-corrected chi connectivity index (χ1v) is 17.6. The Balaban J connectivity index is 1.35. The summed E-state index contributed by atoms with van der Waals surface area (Å²) in [5, 5.41) is 17.1. The van der Waals surface area contributed by atoms with Gasteiger partial charge in [0.25, 0.3) is 0 Å². The third kappa shape index (κ3) is 9.55. The van der Waals surface area contributed by atoms with Crippen molar-refractivity contribution in [3.63, 3.8) is 0 Å². The third-order valence-corrected chi connectivity index (χ3v) is 10.5. The zero-order valence-electron chi connectivity index (χ0n) is 27.5. The number of carbonyl (C=O) groups is 2. The highest BCUT2D eigenvalue weighted by atomic mass is 32.2. The van der Waals surface area contributed by atoms with Crippen LogP contribution in [0.5, 0.6) is 11.5 Å². The number of fused-ring (bicyclic) bond motifs is 2. The number of hydrogen-bond acceptors (Lipinski definition) is 11. The molecule has 0 aliphatic carbocycles. The molecule has 2 aromatic rings. The van der Waals surface area contributed by atoms with Gasteiger partial charge in [0.1, 0.15) is 6.10 Å². The van der Waals surface area contributed by atoms with Crippen molar-refractivity contribution in [2.45, 2.75) is 62.5 Å². The van der Waals surface area contributed by atoms with Gasteiger partial charge >= 0.3 is 12.2 Å². The molecule has 0 unspecified atom stereocenters. The van der Waals surface area contributed by atoms with E-state index in [0.717, 1.165) is 5.56 Å². The van der Waals surface area contributed by atoms with Crippen LogP contribution in [0.15, 0.2) is 53.4 Å². The molecule has 49 heavy (non-hydrogen) atoms. The van der Waals surface area contributed by atoms with Gasteiger partial charge < -0.3 is 44.2 Å². The molecule has 0 bridgehead atoms. The number of amides is 2. The number of alkyl carbamates (subject to hydrolysis) is 2. The molecule has 2 amide bonds. The van der Waals surface area contributed by atoms with Crippen molar-refractivity contribution in [1.82, 2.24) is 14.9 Å². The van der Waals surface area contributed by atoms with E-state index < -0.39 is 52.2 Å². The topological polar surface area (TPSA) is 171 Å². The van der Waals surface area contributed by atoms with Crippen molar-refractivity contribution in [2.75, 3.05) is 46.2 Å². The number of aliphatic hydroxyl groups excluding tert-OH is 1. The Hall–Kier alpha value is -4.07. The Bertz CT molecular complexity index is 1600. The molecular formula is C34H43N3O11S. The summed E-state index contributed by atoms with van der Waals surface area (Å²) in [6.07, 6.45) is 2.66. The van der Waals surface area contributed by atoms with Crippen LogP contribution in [-0.4, -0.2) is 101 Å². The smallest absolute Gasteiger partial charge is 0.408 e. The molecule has 3 N–H and O–H groups in total. The fraction of sp³-hybridized carbons (Fsp3) is 0.529. The molecule has 15 heteroatoms. The van der Waals surface area contributed by atoms with Gasteiger partial charge in [0, 0.05) is 25.7 Å². The van der Waals surface area contributed by atoms with Gasteiger partial charge in [0.2, 0.25) is 16.8 Å². The van der Waals surface area contributed by atoms with Crippen LogP contribution in [0.1, 0.15) is 32.3 Å². The average Bonchev–Trinajstić information content (AvgIpc) is 3.82. The number of hydrogen-bond donors (Lipinski definition) is 3. The lowest BCUT2D eigenvalue weighted by molar-refractivity contribution is -0.0907. The van der Waals surface area contributed by atoms with Gasteiger partial charge in [-0.3, -0.25) is 0 Å². The SMILES string of the molecule is C#CCOC(=O)NCCC(C)(C)CN(C[C@@H](O)[C@H](Cc1ccccc1)NC(=O)O[C@H]1CO[C@H]2OCC[C@H]21)S(=O)(=O)c1ccc2c(c1)OCO2. The number of nitrogens with one attached hydrogen (secondary N) is 2. The number of terminal acetylenes is 1. The Kier molecular flexibility index (Phi) is 11.9. The quantitative estimate of drug-likeness (QED) is 0.233. The Labute approximate surface area is 286 Å². The second-order valence-corrected chi connectivity index (χ2v) is 14.8. The minimum absolute atomic E-state index is 0.0323. The first-order chi connectivity index (χ1) is 23.4. The van der Waals surface area contributed by atoms with E-state index in [9.17, 15) is 23.1 Å². The number of rotatable bonds is 15. The number of aliphatic hydroxyl groups is 1. The molecule has 0 radical (unpaired) electrons. The van der Waals surface area contributed by atoms with Crippen molar-refractivity contribution in [3.05, 3.63) is 54.1 Å². The molecule has 2 aromatic carbocycles. The van der Waals surface area contributed by atoms with Crippen molar-refractivity contribution >= 4 is 22.2 Å². The largest absolute Gasteiger partial charge is 0.454 e. The van der Waals surface area contributed by atoms with E-state index in [1.165, 1.54) is 22.5 Å². The minimum atomic E-state index is -4.24. The molecule has 3 aliphatic heterocycles. The summed E-state index contributed by atoms with van der Waals surface area (Å²) in [6.45, 7) is 3.95. The van der Waals surface area contributed by atoms with E-state index in [2.05, 4.69) is 16.6 Å². The lowest BCUT2D eigenvalue weighted by atomic mass is 9.89. The molecule has 0 saturated carbocycles. The van der Waals surface area contributed by atoms with Gasteiger partial charge in [0.05, 0.1) is 36.2 Å². The predicted molar refractivity (Wildman–Crippen MR) is 175 cm³/mol. The summed E-state index contributed by atoms with van der Waals surface area (Å²) in [7, 11) is -4.24. The molecule has 2 saturated heterocycles. The number of sulfonamides is 1. The fourth-order valence-corrected chi connectivity index (χ4v) is 7.67. The zero-order chi connectivity index (χ0) is 35.0. The number of nitrogens with zero attached hydrogens (tertiary/aromatic N) is 1. The van der Waals surface area contributed by atoms with Crippen molar-refractivity contribution < 1.29 is 51.5 Å². The number of benzene rings is 2. The van der Waals surface area contributed by atoms with Crippen LogP contribution >= 0.6 is 0 Å². The molecule has 5 rings (SSSR count). The highest BCUT2D eigenvalue weighted by Crippen LogP contribution is 2.36. The van der Waals surface area contributed by atoms with Crippen molar-refractivity contribution in [1.29, 1.82) is 0 Å². The molecular weight excluding hydrogens is 658 g/mol. The molecule has 14 nitrogen and oxygen atoms in total. The lowest BCUT2D eigenvalue weighted by Gasteiger charge is -2.35. The number of carbonyl (C=O) groups excluding carboxylic acids is 2. The standard InChI is InChI=1S/C34H43N3O11S/c1-4-15-44-32(39)35-14-13-34(2,3)21-37(49(41,42)24-10-11-28-29(18-24)47-22-46-28)19-27(38)26(17-23-8-6-5-7-9-23)36-33(40)48-30-20-45-31-25(30)12-16-43-31/h1,5-11,18,25-27,30-31,38H,12-17,19-22H2,2-3H3,(H,35,39)(H,36,40)/t25-,26-,27+,30-,31+/m0/s1. The Morgan fingerprint density at radius 2 is 1.90 bits per heavy atom. The van der Waals surface area contributed by atoms with Crippen LogP contribution in [-0.2, 0) is 35.4 Å². The van der Waals surface area contributed by atoms with E-state index in [1.54, 1.807) is 0 Å². The predicted octanol–water partition coefficient (Wildman–Crippen LogP) is 2.64. The molecule has 2 fully saturated rings. The lowest BCUT2D eigenvalue weighted by Crippen LogP contribution is -2.52. The number of ether oxygens (including phenoxy) is 6. The second kappa shape index (κ2) is 16.1. The van der Waals surface area contributed by atoms with Crippen LogP contribution in [0.2, 0.25) is 0 Å². The van der Waals surface area contributed by atoms with Crippen LogP contribution < -0.4 is 20.1 Å². The first-order valence-electron chi connectivity index (χ1n) is 16.1. The molecule has 266 valence electrons. The zero-order valence-corrected chi connectivity index (χ0v) is 28.4. The first kappa shape index (κ1) is 36.2. The van der Waals surface area contributed by atoms with E-state index in [0.29, 0.717) is 25.2 Å². The van der Waals surface area contributed by atoms with Crippen molar-refractivity contribution in [3.8, 4) is 23.8 Å². The minimum Gasteiger partial charge on any atom is -0.454 e. The summed E-state index contributed by atoms with van der Waals surface area (Å²) in [4.78, 5) is 25.1.